The molecule has 32 heavy (non-hydrogen) atoms. The monoisotopic (exact) mass is 428 g/mol. The molecule has 0 N–H and O–H groups in total. The molecule has 3 aromatic rings. The summed E-state index contributed by atoms with van der Waals surface area (Å²) in [5.74, 6) is 1.59. The van der Waals surface area contributed by atoms with Gasteiger partial charge in [-0.1, -0.05) is 30.3 Å². The number of carbonyl (C=O) groups excluding carboxylic acids is 1. The Hall–Kier alpha value is -4.05. The van der Waals surface area contributed by atoms with E-state index in [1.54, 1.807) is 13.2 Å². The van der Waals surface area contributed by atoms with Crippen LogP contribution in [-0.4, -0.2) is 49.1 Å². The minimum Gasteiger partial charge on any atom is -0.497 e. The number of oxazole rings is 1. The van der Waals surface area contributed by atoms with Crippen LogP contribution in [0.4, 0.5) is 5.88 Å². The molecule has 1 aliphatic rings. The first-order chi connectivity index (χ1) is 15.6. The van der Waals surface area contributed by atoms with Gasteiger partial charge in [0.2, 0.25) is 17.5 Å². The zero-order valence-corrected chi connectivity index (χ0v) is 18.1. The number of nitriles is 1. The second-order valence-corrected chi connectivity index (χ2v) is 7.52. The summed E-state index contributed by atoms with van der Waals surface area (Å²) in [6.07, 6.45) is 3.59. The zero-order chi connectivity index (χ0) is 22.5. The Kier molecular flexibility index (Phi) is 6.22. The summed E-state index contributed by atoms with van der Waals surface area (Å²) in [7, 11) is 1.62. The lowest BCUT2D eigenvalue weighted by atomic mass is 10.1. The number of aryl methyl sites for hydroxylation is 1. The molecule has 0 radical (unpaired) electrons. The summed E-state index contributed by atoms with van der Waals surface area (Å²) < 4.78 is 11.1. The van der Waals surface area contributed by atoms with Gasteiger partial charge in [-0.05, 0) is 42.3 Å². The summed E-state index contributed by atoms with van der Waals surface area (Å²) in [6.45, 7) is 4.18. The molecule has 1 amide bonds. The van der Waals surface area contributed by atoms with Crippen LogP contribution in [-0.2, 0) is 0 Å². The van der Waals surface area contributed by atoms with E-state index in [1.807, 2.05) is 71.3 Å². The zero-order valence-electron chi connectivity index (χ0n) is 18.1. The Morgan fingerprint density at radius 1 is 1.12 bits per heavy atom. The van der Waals surface area contributed by atoms with Crippen LogP contribution in [0, 0.1) is 18.3 Å². The van der Waals surface area contributed by atoms with Gasteiger partial charge >= 0.3 is 0 Å². The summed E-state index contributed by atoms with van der Waals surface area (Å²) in [5, 5.41) is 9.53. The van der Waals surface area contributed by atoms with Crippen molar-refractivity contribution in [3.63, 3.8) is 0 Å². The topological polar surface area (TPSA) is 82.6 Å². The maximum absolute atomic E-state index is 12.9. The predicted molar refractivity (Wildman–Crippen MR) is 122 cm³/mol. The standard InChI is InChI=1S/C25H24N4O3/c1-18-6-3-4-9-21(18)24(30)28-12-14-29(15-13-28)25-22(17-26)27-23(32-25)11-10-19-7-5-8-20(16-19)31-2/h3-11,16H,12-15H2,1-2H3. The average Bonchev–Trinajstić information content (AvgIpc) is 3.26. The molecule has 0 atom stereocenters. The van der Waals surface area contributed by atoms with Gasteiger partial charge in [-0.15, -0.1) is 0 Å². The average molecular weight is 428 g/mol. The lowest BCUT2D eigenvalue weighted by Crippen LogP contribution is -2.49. The molecule has 2 aromatic carbocycles. The van der Waals surface area contributed by atoms with Gasteiger partial charge in [-0.2, -0.15) is 10.2 Å². The number of benzene rings is 2. The Bertz CT molecular complexity index is 1180. The number of piperazine rings is 1. The first-order valence-corrected chi connectivity index (χ1v) is 10.4. The summed E-state index contributed by atoms with van der Waals surface area (Å²) >= 11 is 0. The number of amides is 1. The van der Waals surface area contributed by atoms with Gasteiger partial charge in [0.25, 0.3) is 5.91 Å². The van der Waals surface area contributed by atoms with Crippen molar-refractivity contribution in [2.75, 3.05) is 38.2 Å². The molecule has 0 saturated carbocycles. The van der Waals surface area contributed by atoms with E-state index < -0.39 is 0 Å². The van der Waals surface area contributed by atoms with E-state index in [2.05, 4.69) is 11.1 Å². The van der Waals surface area contributed by atoms with Gasteiger partial charge in [-0.25, -0.2) is 0 Å². The predicted octanol–water partition coefficient (Wildman–Crippen LogP) is 4.00. The highest BCUT2D eigenvalue weighted by atomic mass is 16.5. The van der Waals surface area contributed by atoms with Crippen molar-refractivity contribution in [1.82, 2.24) is 9.88 Å². The second kappa shape index (κ2) is 9.40. The van der Waals surface area contributed by atoms with Gasteiger partial charge in [0.05, 0.1) is 7.11 Å². The van der Waals surface area contributed by atoms with Gasteiger partial charge in [0, 0.05) is 37.8 Å². The van der Waals surface area contributed by atoms with Crippen LogP contribution >= 0.6 is 0 Å². The van der Waals surface area contributed by atoms with E-state index in [9.17, 15) is 10.1 Å². The molecule has 0 bridgehead atoms. The molecule has 0 unspecified atom stereocenters. The summed E-state index contributed by atoms with van der Waals surface area (Å²) in [4.78, 5) is 21.0. The lowest BCUT2D eigenvalue weighted by Gasteiger charge is -2.34. The smallest absolute Gasteiger partial charge is 0.254 e. The van der Waals surface area contributed by atoms with E-state index in [0.717, 1.165) is 22.4 Å². The molecule has 7 nitrogen and oxygen atoms in total. The normalized spacial score (nSPS) is 13.9. The van der Waals surface area contributed by atoms with Crippen LogP contribution in [0.2, 0.25) is 0 Å². The van der Waals surface area contributed by atoms with E-state index in [1.165, 1.54) is 0 Å². The molecular weight excluding hydrogens is 404 g/mol. The van der Waals surface area contributed by atoms with Gasteiger partial charge in [0.1, 0.15) is 11.8 Å². The fourth-order valence-corrected chi connectivity index (χ4v) is 3.70. The number of ether oxygens (including phenoxy) is 1. The number of hydrogen-bond acceptors (Lipinski definition) is 6. The molecule has 7 heteroatoms. The van der Waals surface area contributed by atoms with Crippen LogP contribution < -0.4 is 9.64 Å². The lowest BCUT2D eigenvalue weighted by molar-refractivity contribution is 0.0744. The highest BCUT2D eigenvalue weighted by molar-refractivity contribution is 5.95. The van der Waals surface area contributed by atoms with Crippen molar-refractivity contribution >= 4 is 23.9 Å². The molecule has 4 rings (SSSR count). The minimum atomic E-state index is 0.0303. The fraction of sp³-hybridized carbons (Fsp3) is 0.240. The summed E-state index contributed by atoms with van der Waals surface area (Å²) in [5.41, 5.74) is 2.87. The van der Waals surface area contributed by atoms with Crippen LogP contribution in [0.15, 0.2) is 52.9 Å². The molecule has 1 saturated heterocycles. The van der Waals surface area contributed by atoms with E-state index in [0.29, 0.717) is 38.0 Å². The number of hydrogen-bond donors (Lipinski definition) is 0. The largest absolute Gasteiger partial charge is 0.497 e. The molecule has 1 fully saturated rings. The van der Waals surface area contributed by atoms with Crippen molar-refractivity contribution in [3.8, 4) is 11.8 Å². The van der Waals surface area contributed by atoms with Crippen LogP contribution in [0.5, 0.6) is 5.75 Å². The van der Waals surface area contributed by atoms with Gasteiger partial charge in [0.15, 0.2) is 0 Å². The number of carbonyl (C=O) groups is 1. The summed E-state index contributed by atoms with van der Waals surface area (Å²) in [6, 6.07) is 17.3. The third-order valence-electron chi connectivity index (χ3n) is 5.47. The molecular formula is C25H24N4O3. The quantitative estimate of drug-likeness (QED) is 0.611. The molecule has 0 aliphatic carbocycles. The van der Waals surface area contributed by atoms with Gasteiger partial charge < -0.3 is 19.0 Å². The molecule has 1 aromatic heterocycles. The van der Waals surface area contributed by atoms with Gasteiger partial charge in [-0.3, -0.25) is 4.79 Å². The van der Waals surface area contributed by atoms with Crippen LogP contribution in [0.3, 0.4) is 0 Å². The Labute approximate surface area is 187 Å². The van der Waals surface area contributed by atoms with E-state index in [-0.39, 0.29) is 11.6 Å². The fourth-order valence-electron chi connectivity index (χ4n) is 3.70. The third kappa shape index (κ3) is 4.49. The van der Waals surface area contributed by atoms with Crippen molar-refractivity contribution in [2.45, 2.75) is 6.92 Å². The molecule has 2 heterocycles. The Morgan fingerprint density at radius 3 is 2.62 bits per heavy atom. The molecule has 0 spiro atoms. The molecule has 1 aliphatic heterocycles. The van der Waals surface area contributed by atoms with Crippen LogP contribution in [0.1, 0.15) is 33.1 Å². The van der Waals surface area contributed by atoms with Crippen molar-refractivity contribution in [2.24, 2.45) is 0 Å². The van der Waals surface area contributed by atoms with Crippen molar-refractivity contribution < 1.29 is 13.9 Å². The van der Waals surface area contributed by atoms with Crippen molar-refractivity contribution in [3.05, 3.63) is 76.8 Å². The van der Waals surface area contributed by atoms with Crippen LogP contribution in [0.25, 0.3) is 12.2 Å². The third-order valence-corrected chi connectivity index (χ3v) is 5.47. The first kappa shape index (κ1) is 21.2. The maximum atomic E-state index is 12.9. The number of aromatic nitrogens is 1. The van der Waals surface area contributed by atoms with E-state index in [4.69, 9.17) is 9.15 Å². The number of nitrogens with zero attached hydrogens (tertiary/aromatic N) is 4. The maximum Gasteiger partial charge on any atom is 0.254 e. The SMILES string of the molecule is COc1cccc(C=Cc2nc(C#N)c(N3CCN(C(=O)c4ccccc4C)CC3)o2)c1. The number of anilines is 1. The minimum absolute atomic E-state index is 0.0303. The number of methoxy groups -OCH3 is 1. The van der Waals surface area contributed by atoms with Crippen molar-refractivity contribution in [1.29, 1.82) is 5.26 Å². The highest BCUT2D eigenvalue weighted by Crippen LogP contribution is 2.25. The number of rotatable bonds is 5. The first-order valence-electron chi connectivity index (χ1n) is 10.4. The second-order valence-electron chi connectivity index (χ2n) is 7.52. The molecule has 162 valence electrons. The van der Waals surface area contributed by atoms with E-state index >= 15 is 0 Å². The Morgan fingerprint density at radius 2 is 1.91 bits per heavy atom. The Balaban J connectivity index is 1.45. The highest BCUT2D eigenvalue weighted by Gasteiger charge is 2.27.